The van der Waals surface area contributed by atoms with Gasteiger partial charge in [0.05, 0.1) is 19.0 Å². The molecule has 0 aliphatic carbocycles. The number of nitrogens with one attached hydrogen (secondary N) is 1. The molecule has 0 bridgehead atoms. The summed E-state index contributed by atoms with van der Waals surface area (Å²) < 4.78 is 10.8. The Morgan fingerprint density at radius 3 is 2.65 bits per heavy atom. The summed E-state index contributed by atoms with van der Waals surface area (Å²) in [6.45, 7) is 7.91. The Morgan fingerprint density at radius 2 is 2.00 bits per heavy atom. The molecule has 166 valence electrons. The molecule has 1 unspecified atom stereocenters. The van der Waals surface area contributed by atoms with Gasteiger partial charge in [0.1, 0.15) is 5.82 Å². The highest BCUT2D eigenvalue weighted by molar-refractivity contribution is 5.91. The smallest absolute Gasteiger partial charge is 0.289 e. The maximum absolute atomic E-state index is 12.4. The first-order chi connectivity index (χ1) is 15.1. The van der Waals surface area contributed by atoms with E-state index in [2.05, 4.69) is 44.1 Å². The van der Waals surface area contributed by atoms with Gasteiger partial charge in [-0.1, -0.05) is 6.07 Å². The van der Waals surface area contributed by atoms with Gasteiger partial charge in [0, 0.05) is 59.1 Å². The van der Waals surface area contributed by atoms with Gasteiger partial charge in [-0.15, -0.1) is 0 Å². The predicted molar refractivity (Wildman–Crippen MR) is 118 cm³/mol. The number of anilines is 1. The summed E-state index contributed by atoms with van der Waals surface area (Å²) in [6.07, 6.45) is 3.67. The van der Waals surface area contributed by atoms with Crippen molar-refractivity contribution in [2.75, 3.05) is 57.8 Å². The number of rotatable bonds is 4. The first kappa shape index (κ1) is 21.2. The molecule has 1 amide bonds. The van der Waals surface area contributed by atoms with Gasteiger partial charge in [-0.25, -0.2) is 4.98 Å². The van der Waals surface area contributed by atoms with E-state index >= 15 is 0 Å². The van der Waals surface area contributed by atoms with Crippen molar-refractivity contribution in [1.29, 1.82) is 0 Å². The number of furan rings is 1. The first-order valence-corrected chi connectivity index (χ1v) is 10.7. The van der Waals surface area contributed by atoms with E-state index in [-0.39, 0.29) is 12.0 Å². The van der Waals surface area contributed by atoms with Crippen molar-refractivity contribution < 1.29 is 13.9 Å². The summed E-state index contributed by atoms with van der Waals surface area (Å²) in [5, 5.41) is 3.41. The Morgan fingerprint density at radius 1 is 1.19 bits per heavy atom. The lowest BCUT2D eigenvalue weighted by Crippen LogP contribution is -2.53. The summed E-state index contributed by atoms with van der Waals surface area (Å²) in [5.41, 5.74) is 1.10. The lowest BCUT2D eigenvalue weighted by molar-refractivity contribution is 0.0529. The summed E-state index contributed by atoms with van der Waals surface area (Å²) in [4.78, 5) is 27.7. The van der Waals surface area contributed by atoms with Crippen LogP contribution in [0.5, 0.6) is 0 Å². The molecule has 0 saturated carbocycles. The highest BCUT2D eigenvalue weighted by Gasteiger charge is 2.25. The highest BCUT2D eigenvalue weighted by atomic mass is 16.5. The second-order valence-electron chi connectivity index (χ2n) is 7.81. The summed E-state index contributed by atoms with van der Waals surface area (Å²) in [7, 11) is 1.78. The topological polar surface area (TPSA) is 86.4 Å². The van der Waals surface area contributed by atoms with Crippen molar-refractivity contribution >= 4 is 17.7 Å². The van der Waals surface area contributed by atoms with E-state index in [0.29, 0.717) is 25.4 Å². The molecule has 0 radical (unpaired) electrons. The normalized spacial score (nSPS) is 20.1. The number of amides is 1. The molecule has 9 heteroatoms. The fraction of sp³-hybridized carbons (Fsp3) is 0.500. The van der Waals surface area contributed by atoms with Crippen LogP contribution in [0.4, 0.5) is 5.82 Å². The number of nitrogens with zero attached hydrogens (tertiary/aromatic N) is 5. The van der Waals surface area contributed by atoms with Crippen LogP contribution < -0.4 is 10.2 Å². The molecule has 2 aromatic heterocycles. The molecule has 9 nitrogen and oxygen atoms in total. The largest absolute Gasteiger partial charge is 0.459 e. The summed E-state index contributed by atoms with van der Waals surface area (Å²) >= 11 is 0. The number of morpholine rings is 1. The minimum Gasteiger partial charge on any atom is -0.459 e. The summed E-state index contributed by atoms with van der Waals surface area (Å²) in [5.74, 6) is 2.14. The number of ether oxygens (including phenoxy) is 1. The number of aliphatic imine (C=N–C) groups is 1. The van der Waals surface area contributed by atoms with Crippen molar-refractivity contribution in [3.8, 4) is 0 Å². The van der Waals surface area contributed by atoms with E-state index in [1.807, 2.05) is 11.1 Å². The quantitative estimate of drug-likeness (QED) is 0.585. The zero-order valence-corrected chi connectivity index (χ0v) is 18.2. The Labute approximate surface area is 182 Å². The van der Waals surface area contributed by atoms with Gasteiger partial charge in [0.15, 0.2) is 11.7 Å². The van der Waals surface area contributed by atoms with Gasteiger partial charge in [-0.3, -0.25) is 9.79 Å². The maximum atomic E-state index is 12.4. The molecular formula is C22H30N6O3. The van der Waals surface area contributed by atoms with Crippen molar-refractivity contribution in [3.05, 3.63) is 48.0 Å². The van der Waals surface area contributed by atoms with Crippen LogP contribution in [0.2, 0.25) is 0 Å². The van der Waals surface area contributed by atoms with Crippen LogP contribution in [0, 0.1) is 0 Å². The average molecular weight is 427 g/mol. The van der Waals surface area contributed by atoms with E-state index in [1.54, 1.807) is 19.2 Å². The average Bonchev–Trinajstić information content (AvgIpc) is 3.35. The Balaban J connectivity index is 1.26. The number of hydrogen-bond acceptors (Lipinski definition) is 6. The third kappa shape index (κ3) is 5.16. The molecule has 2 fully saturated rings. The van der Waals surface area contributed by atoms with Crippen LogP contribution in [-0.4, -0.2) is 85.7 Å². The van der Waals surface area contributed by atoms with Crippen LogP contribution >= 0.6 is 0 Å². The fourth-order valence-corrected chi connectivity index (χ4v) is 3.93. The van der Waals surface area contributed by atoms with Crippen LogP contribution in [-0.2, 0) is 11.3 Å². The van der Waals surface area contributed by atoms with Gasteiger partial charge < -0.3 is 29.2 Å². The monoisotopic (exact) mass is 426 g/mol. The molecule has 31 heavy (non-hydrogen) atoms. The first-order valence-electron chi connectivity index (χ1n) is 10.7. The number of pyridine rings is 1. The molecule has 0 spiro atoms. The van der Waals surface area contributed by atoms with E-state index < -0.39 is 0 Å². The lowest BCUT2D eigenvalue weighted by atomic mass is 10.2. The van der Waals surface area contributed by atoms with Crippen molar-refractivity contribution in [2.24, 2.45) is 4.99 Å². The molecule has 4 rings (SSSR count). The van der Waals surface area contributed by atoms with Crippen LogP contribution in [0.25, 0.3) is 0 Å². The maximum Gasteiger partial charge on any atom is 0.289 e. The number of carbonyl (C=O) groups excluding carboxylic acids is 1. The SMILES string of the molecule is CN=C(NCc1ccc(N2CCOC(C)C2)nc1)N1CCN(C(=O)c2ccco2)CC1. The number of hydrogen-bond donors (Lipinski definition) is 1. The number of carbonyl (C=O) groups is 1. The van der Waals surface area contributed by atoms with Gasteiger partial charge >= 0.3 is 0 Å². The standard InChI is InChI=1S/C22H30N6O3/c1-17-16-28(11-13-30-17)20-6-5-18(14-24-20)15-25-22(23-2)27-9-7-26(8-10-27)21(29)19-4-3-12-31-19/h3-6,12,14,17H,7-11,13,15-16H2,1-2H3,(H,23,25). The van der Waals surface area contributed by atoms with Crippen LogP contribution in [0.1, 0.15) is 23.0 Å². The second-order valence-corrected chi connectivity index (χ2v) is 7.81. The zero-order valence-electron chi connectivity index (χ0n) is 18.2. The third-order valence-electron chi connectivity index (χ3n) is 5.63. The summed E-state index contributed by atoms with van der Waals surface area (Å²) in [6, 6.07) is 7.60. The Hall–Kier alpha value is -3.07. The molecular weight excluding hydrogens is 396 g/mol. The molecule has 1 N–H and O–H groups in total. The van der Waals surface area contributed by atoms with Crippen molar-refractivity contribution in [2.45, 2.75) is 19.6 Å². The fourth-order valence-electron chi connectivity index (χ4n) is 3.93. The van der Waals surface area contributed by atoms with Crippen molar-refractivity contribution in [1.82, 2.24) is 20.1 Å². The molecule has 1 atom stereocenters. The molecule has 0 aromatic carbocycles. The van der Waals surface area contributed by atoms with Crippen molar-refractivity contribution in [3.63, 3.8) is 0 Å². The zero-order chi connectivity index (χ0) is 21.6. The molecule has 2 aliphatic heterocycles. The van der Waals surface area contributed by atoms with E-state index in [9.17, 15) is 4.79 Å². The van der Waals surface area contributed by atoms with E-state index in [0.717, 1.165) is 50.1 Å². The minimum atomic E-state index is -0.0616. The van der Waals surface area contributed by atoms with Gasteiger partial charge in [-0.05, 0) is 30.7 Å². The number of guanidine groups is 1. The lowest BCUT2D eigenvalue weighted by Gasteiger charge is -2.36. The third-order valence-corrected chi connectivity index (χ3v) is 5.63. The Kier molecular flexibility index (Phi) is 6.71. The molecule has 4 heterocycles. The Bertz CT molecular complexity index is 875. The van der Waals surface area contributed by atoms with E-state index in [1.165, 1.54) is 6.26 Å². The number of piperazine rings is 1. The highest BCUT2D eigenvalue weighted by Crippen LogP contribution is 2.15. The van der Waals surface area contributed by atoms with Gasteiger partial charge in [0.2, 0.25) is 0 Å². The molecule has 2 saturated heterocycles. The predicted octanol–water partition coefficient (Wildman–Crippen LogP) is 1.43. The van der Waals surface area contributed by atoms with Crippen LogP contribution in [0.15, 0.2) is 46.1 Å². The van der Waals surface area contributed by atoms with Gasteiger partial charge in [-0.2, -0.15) is 0 Å². The number of aromatic nitrogens is 1. The van der Waals surface area contributed by atoms with E-state index in [4.69, 9.17) is 9.15 Å². The van der Waals surface area contributed by atoms with Crippen LogP contribution in [0.3, 0.4) is 0 Å². The minimum absolute atomic E-state index is 0.0616. The molecule has 2 aromatic rings. The second kappa shape index (κ2) is 9.82. The van der Waals surface area contributed by atoms with Gasteiger partial charge in [0.25, 0.3) is 5.91 Å². The molecule has 2 aliphatic rings.